The zero-order valence-electron chi connectivity index (χ0n) is 19.9. The van der Waals surface area contributed by atoms with Crippen molar-refractivity contribution in [3.05, 3.63) is 72.8 Å². The second-order valence-electron chi connectivity index (χ2n) is 9.04. The van der Waals surface area contributed by atoms with Gasteiger partial charge in [0.25, 0.3) is 0 Å². The summed E-state index contributed by atoms with van der Waals surface area (Å²) in [7, 11) is 1.62. The Hall–Kier alpha value is -4.53. The van der Waals surface area contributed by atoms with Crippen LogP contribution in [0.2, 0.25) is 0 Å². The number of aromatic nitrogens is 4. The minimum atomic E-state index is -0.0983. The number of benzene rings is 2. The number of piperidine rings is 1. The number of nitrogens with zero attached hydrogens (tertiary/aromatic N) is 4. The Morgan fingerprint density at radius 1 is 1.14 bits per heavy atom. The lowest BCUT2D eigenvalue weighted by molar-refractivity contribution is 0.193. The Morgan fingerprint density at radius 2 is 1.92 bits per heavy atom. The van der Waals surface area contributed by atoms with Gasteiger partial charge in [-0.1, -0.05) is 18.2 Å². The number of imidazole rings is 1. The number of anilines is 2. The molecule has 4 heterocycles. The number of ether oxygens (including phenoxy) is 1. The Kier molecular flexibility index (Phi) is 5.44. The number of carbonyl (C=O) groups is 1. The Balaban J connectivity index is 1.23. The zero-order valence-corrected chi connectivity index (χ0v) is 19.9. The maximum absolute atomic E-state index is 12.8. The Labute approximate surface area is 207 Å². The first-order valence-corrected chi connectivity index (χ1v) is 12.0. The highest BCUT2D eigenvalue weighted by Gasteiger charge is 2.28. The highest BCUT2D eigenvalue weighted by Crippen LogP contribution is 2.35. The van der Waals surface area contributed by atoms with Gasteiger partial charge in [0.15, 0.2) is 0 Å². The fourth-order valence-corrected chi connectivity index (χ4v) is 4.98. The van der Waals surface area contributed by atoms with Crippen LogP contribution in [0.25, 0.3) is 27.8 Å². The maximum atomic E-state index is 12.8. The number of carbonyl (C=O) groups excluding carboxylic acids is 1. The van der Waals surface area contributed by atoms with Crippen LogP contribution in [-0.4, -0.2) is 50.5 Å². The van der Waals surface area contributed by atoms with Crippen molar-refractivity contribution in [1.29, 1.82) is 0 Å². The van der Waals surface area contributed by atoms with Gasteiger partial charge in [0, 0.05) is 48.0 Å². The van der Waals surface area contributed by atoms with E-state index >= 15 is 0 Å². The fraction of sp³-hybridized carbons (Fsp3) is 0.222. The van der Waals surface area contributed by atoms with E-state index in [0.717, 1.165) is 57.9 Å². The molecular weight excluding hydrogens is 454 g/mol. The Morgan fingerprint density at radius 3 is 2.67 bits per heavy atom. The normalized spacial score (nSPS) is 14.4. The van der Waals surface area contributed by atoms with Crippen LogP contribution in [0.1, 0.15) is 24.6 Å². The van der Waals surface area contributed by atoms with Gasteiger partial charge < -0.3 is 25.7 Å². The van der Waals surface area contributed by atoms with Crippen LogP contribution < -0.4 is 15.8 Å². The number of methoxy groups -OCH3 is 1. The molecule has 0 radical (unpaired) electrons. The van der Waals surface area contributed by atoms with E-state index in [1.54, 1.807) is 13.3 Å². The highest BCUT2D eigenvalue weighted by atomic mass is 16.5. The number of hydrogen-bond acceptors (Lipinski definition) is 5. The molecule has 36 heavy (non-hydrogen) atoms. The molecule has 0 spiro atoms. The van der Waals surface area contributed by atoms with Crippen molar-refractivity contribution in [2.24, 2.45) is 0 Å². The first-order chi connectivity index (χ1) is 17.6. The summed E-state index contributed by atoms with van der Waals surface area (Å²) in [5, 5.41) is 4.09. The summed E-state index contributed by atoms with van der Waals surface area (Å²) in [4.78, 5) is 27.6. The largest absolute Gasteiger partial charge is 0.497 e. The lowest BCUT2D eigenvalue weighted by Crippen LogP contribution is -2.40. The molecule has 1 aliphatic rings. The molecule has 1 aliphatic heterocycles. The molecule has 0 aliphatic carbocycles. The number of hydrogen-bond donors (Lipinski definition) is 3. The summed E-state index contributed by atoms with van der Waals surface area (Å²) >= 11 is 0. The summed E-state index contributed by atoms with van der Waals surface area (Å²) in [6.07, 6.45) is 5.25. The molecule has 9 nitrogen and oxygen atoms in total. The molecular formula is C27H27N7O2. The summed E-state index contributed by atoms with van der Waals surface area (Å²) < 4.78 is 7.24. The lowest BCUT2D eigenvalue weighted by atomic mass is 9.96. The maximum Gasteiger partial charge on any atom is 0.321 e. The third kappa shape index (κ3) is 3.88. The lowest BCUT2D eigenvalue weighted by Gasteiger charge is -2.31. The van der Waals surface area contributed by atoms with E-state index in [1.165, 1.54) is 0 Å². The summed E-state index contributed by atoms with van der Waals surface area (Å²) in [6, 6.07) is 17.5. The molecule has 2 amide bonds. The first kappa shape index (κ1) is 22.0. The molecule has 1 fully saturated rings. The van der Waals surface area contributed by atoms with Crippen LogP contribution in [0, 0.1) is 0 Å². The summed E-state index contributed by atoms with van der Waals surface area (Å²) in [5.74, 6) is 2.34. The van der Waals surface area contributed by atoms with Crippen molar-refractivity contribution < 1.29 is 9.53 Å². The van der Waals surface area contributed by atoms with E-state index in [1.807, 2.05) is 53.6 Å². The Bertz CT molecular complexity index is 1510. The summed E-state index contributed by atoms with van der Waals surface area (Å²) in [6.45, 7) is 1.29. The molecule has 5 aromatic rings. The number of amides is 2. The van der Waals surface area contributed by atoms with Crippen LogP contribution in [0.4, 0.5) is 16.3 Å². The number of urea groups is 1. The molecule has 9 heteroatoms. The minimum Gasteiger partial charge on any atom is -0.497 e. The number of H-pyrrole nitrogens is 1. The van der Waals surface area contributed by atoms with Gasteiger partial charge in [0.05, 0.1) is 12.8 Å². The van der Waals surface area contributed by atoms with Gasteiger partial charge in [0.2, 0.25) is 0 Å². The predicted molar refractivity (Wildman–Crippen MR) is 140 cm³/mol. The molecule has 2 aromatic carbocycles. The van der Waals surface area contributed by atoms with Crippen LogP contribution in [0.5, 0.6) is 5.75 Å². The second kappa shape index (κ2) is 8.92. The van der Waals surface area contributed by atoms with Gasteiger partial charge in [-0.3, -0.25) is 4.40 Å². The van der Waals surface area contributed by atoms with Gasteiger partial charge >= 0.3 is 6.03 Å². The smallest absolute Gasteiger partial charge is 0.321 e. The van der Waals surface area contributed by atoms with Gasteiger partial charge in [-0.25, -0.2) is 14.8 Å². The fourth-order valence-electron chi connectivity index (χ4n) is 4.98. The summed E-state index contributed by atoms with van der Waals surface area (Å²) in [5.41, 5.74) is 10.6. The first-order valence-electron chi connectivity index (χ1n) is 12.0. The number of aromatic amines is 1. The number of likely N-dealkylation sites (tertiary alicyclic amines) is 1. The average Bonchev–Trinajstić information content (AvgIpc) is 3.52. The molecule has 0 unspecified atom stereocenters. The molecule has 0 atom stereocenters. The predicted octanol–water partition coefficient (Wildman–Crippen LogP) is 4.88. The van der Waals surface area contributed by atoms with Gasteiger partial charge in [-0.05, 0) is 49.2 Å². The van der Waals surface area contributed by atoms with Crippen LogP contribution in [0.15, 0.2) is 67.0 Å². The van der Waals surface area contributed by atoms with E-state index in [9.17, 15) is 4.79 Å². The van der Waals surface area contributed by atoms with Crippen molar-refractivity contribution in [3.63, 3.8) is 0 Å². The highest BCUT2D eigenvalue weighted by molar-refractivity contribution is 5.91. The molecule has 182 valence electrons. The number of fused-ring (bicyclic) bond motifs is 2. The number of nitrogens with two attached hydrogens (primary N) is 1. The van der Waals surface area contributed by atoms with Crippen LogP contribution >= 0.6 is 0 Å². The number of para-hydroxylation sites is 1. The van der Waals surface area contributed by atoms with Crippen molar-refractivity contribution in [2.45, 2.75) is 18.8 Å². The molecule has 0 saturated carbocycles. The average molecular weight is 482 g/mol. The third-order valence-electron chi connectivity index (χ3n) is 6.88. The standard InChI is InChI=1S/C27H27N7O2/c1-36-20-8-6-19(7-9-20)30-27(35)33-13-10-17(11-14-33)26-32-23(24-25(28)29-12-15-34(24)26)22-16-18-4-2-3-5-21(18)31-22/h2-9,12,15-17,31H,10-11,13-14H2,1H3,(H2,28,29)(H,30,35). The van der Waals surface area contributed by atoms with Crippen molar-refractivity contribution in [3.8, 4) is 17.1 Å². The van der Waals surface area contributed by atoms with Crippen LogP contribution in [0.3, 0.4) is 0 Å². The third-order valence-corrected chi connectivity index (χ3v) is 6.88. The van der Waals surface area contributed by atoms with Gasteiger partial charge in [0.1, 0.15) is 28.6 Å². The second-order valence-corrected chi connectivity index (χ2v) is 9.04. The van der Waals surface area contributed by atoms with Crippen molar-refractivity contribution >= 4 is 34.0 Å². The zero-order chi connectivity index (χ0) is 24.6. The number of nitrogens with one attached hydrogen (secondary N) is 2. The van der Waals surface area contributed by atoms with E-state index in [0.29, 0.717) is 18.9 Å². The van der Waals surface area contributed by atoms with Gasteiger partial charge in [-0.2, -0.15) is 0 Å². The minimum absolute atomic E-state index is 0.0983. The topological polar surface area (TPSA) is 114 Å². The molecule has 6 rings (SSSR count). The van der Waals surface area contributed by atoms with Crippen molar-refractivity contribution in [1.82, 2.24) is 24.3 Å². The molecule has 4 N–H and O–H groups in total. The molecule has 0 bridgehead atoms. The quantitative estimate of drug-likeness (QED) is 0.339. The van der Waals surface area contributed by atoms with Crippen LogP contribution in [-0.2, 0) is 0 Å². The van der Waals surface area contributed by atoms with E-state index < -0.39 is 0 Å². The van der Waals surface area contributed by atoms with E-state index in [4.69, 9.17) is 15.5 Å². The van der Waals surface area contributed by atoms with Gasteiger partial charge in [-0.15, -0.1) is 0 Å². The molecule has 1 saturated heterocycles. The van der Waals surface area contributed by atoms with Crippen molar-refractivity contribution in [2.75, 3.05) is 31.2 Å². The van der Waals surface area contributed by atoms with E-state index in [-0.39, 0.29) is 11.9 Å². The van der Waals surface area contributed by atoms with E-state index in [2.05, 4.69) is 31.8 Å². The number of rotatable bonds is 4. The number of nitrogen functional groups attached to an aromatic ring is 1. The SMILES string of the molecule is COc1ccc(NC(=O)N2CCC(c3nc(-c4cc5ccccc5[nH]4)c4c(N)nccn34)CC2)cc1. The molecule has 3 aromatic heterocycles. The monoisotopic (exact) mass is 481 g/mol.